The third-order valence-electron chi connectivity index (χ3n) is 7.04. The Morgan fingerprint density at radius 1 is 1.04 bits per heavy atom. The van der Waals surface area contributed by atoms with E-state index in [0.29, 0.717) is 30.0 Å². The van der Waals surface area contributed by atoms with Gasteiger partial charge in [-0.15, -0.1) is 13.2 Å². The fourth-order valence-electron chi connectivity index (χ4n) is 5.00. The molecular weight excluding hydrogens is 609 g/mol. The van der Waals surface area contributed by atoms with E-state index in [1.54, 1.807) is 37.9 Å². The first kappa shape index (κ1) is 34.1. The van der Waals surface area contributed by atoms with Gasteiger partial charge in [0.05, 0.1) is 30.7 Å². The van der Waals surface area contributed by atoms with Gasteiger partial charge in [0.1, 0.15) is 23.2 Å². The number of benzene rings is 1. The van der Waals surface area contributed by atoms with Crippen molar-refractivity contribution >= 4 is 23.8 Å². The molecule has 3 aromatic rings. The summed E-state index contributed by atoms with van der Waals surface area (Å²) in [4.78, 5) is 51.2. The zero-order valence-electron chi connectivity index (χ0n) is 26.3. The van der Waals surface area contributed by atoms with Gasteiger partial charge in [-0.2, -0.15) is 0 Å². The van der Waals surface area contributed by atoms with Crippen molar-refractivity contribution in [1.29, 1.82) is 0 Å². The van der Waals surface area contributed by atoms with Crippen LogP contribution >= 0.6 is 0 Å². The van der Waals surface area contributed by atoms with E-state index in [1.807, 2.05) is 13.8 Å². The van der Waals surface area contributed by atoms with Gasteiger partial charge in [-0.3, -0.25) is 15.1 Å². The van der Waals surface area contributed by atoms with E-state index in [-0.39, 0.29) is 34.8 Å². The predicted molar refractivity (Wildman–Crippen MR) is 162 cm³/mol. The molecule has 1 saturated heterocycles. The number of likely N-dealkylation sites (tertiary alicyclic amines) is 1. The molecule has 2 atom stereocenters. The molecule has 2 aromatic heterocycles. The van der Waals surface area contributed by atoms with Crippen LogP contribution in [0.1, 0.15) is 59.3 Å². The smallest absolute Gasteiger partial charge is 0.453 e. The molecule has 3 amide bonds. The van der Waals surface area contributed by atoms with Crippen LogP contribution in [-0.2, 0) is 14.3 Å². The van der Waals surface area contributed by atoms with Crippen LogP contribution in [0.4, 0.5) is 28.4 Å². The molecule has 1 aromatic carbocycles. The maximum atomic E-state index is 13.4. The van der Waals surface area contributed by atoms with Crippen LogP contribution < -0.4 is 15.4 Å². The van der Waals surface area contributed by atoms with Crippen LogP contribution in [-0.4, -0.2) is 69.6 Å². The molecule has 1 aliphatic rings. The third kappa shape index (κ3) is 8.67. The van der Waals surface area contributed by atoms with Crippen molar-refractivity contribution in [3.05, 3.63) is 48.5 Å². The van der Waals surface area contributed by atoms with E-state index < -0.39 is 35.9 Å². The van der Waals surface area contributed by atoms with Gasteiger partial charge in [-0.05, 0) is 63.8 Å². The fourth-order valence-corrected chi connectivity index (χ4v) is 5.00. The number of methoxy groups -OCH3 is 1. The topological polar surface area (TPSA) is 148 Å². The molecule has 1 aliphatic heterocycles. The van der Waals surface area contributed by atoms with Gasteiger partial charge in [0.15, 0.2) is 0 Å². The van der Waals surface area contributed by atoms with Crippen LogP contribution in [0, 0.1) is 5.92 Å². The average molecular weight is 647 g/mol. The number of aromatic nitrogens is 3. The monoisotopic (exact) mass is 646 g/mol. The second kappa shape index (κ2) is 13.7. The fraction of sp³-hybridized carbons (Fsp3) is 0.452. The first-order valence-electron chi connectivity index (χ1n) is 14.6. The number of rotatable bonds is 8. The molecule has 0 saturated carbocycles. The second-order valence-electron chi connectivity index (χ2n) is 12.0. The van der Waals surface area contributed by atoms with Gasteiger partial charge in [0.25, 0.3) is 0 Å². The molecule has 248 valence electrons. The molecule has 2 unspecified atom stereocenters. The molecule has 15 heteroatoms. The number of alkyl halides is 3. The number of imidazole rings is 1. The number of pyridine rings is 1. The highest BCUT2D eigenvalue weighted by molar-refractivity contribution is 5.87. The van der Waals surface area contributed by atoms with E-state index >= 15 is 0 Å². The lowest BCUT2D eigenvalue weighted by atomic mass is 10.0. The number of H-pyrrole nitrogens is 1. The quantitative estimate of drug-likeness (QED) is 0.254. The summed E-state index contributed by atoms with van der Waals surface area (Å²) in [6, 6.07) is 5.90. The molecule has 0 bridgehead atoms. The lowest BCUT2D eigenvalue weighted by Crippen LogP contribution is -2.51. The first-order chi connectivity index (χ1) is 21.5. The van der Waals surface area contributed by atoms with Crippen molar-refractivity contribution in [2.45, 2.75) is 71.5 Å². The zero-order valence-corrected chi connectivity index (χ0v) is 26.3. The van der Waals surface area contributed by atoms with Crippen LogP contribution in [0.3, 0.4) is 0 Å². The molecule has 3 N–H and O–H groups in total. The molecule has 0 spiro atoms. The summed E-state index contributed by atoms with van der Waals surface area (Å²) in [5.41, 5.74) is 0.669. The Morgan fingerprint density at radius 3 is 2.39 bits per heavy atom. The summed E-state index contributed by atoms with van der Waals surface area (Å²) in [7, 11) is 1.24. The van der Waals surface area contributed by atoms with E-state index in [9.17, 15) is 27.6 Å². The lowest BCUT2D eigenvalue weighted by Gasteiger charge is -2.30. The van der Waals surface area contributed by atoms with Crippen molar-refractivity contribution in [3.63, 3.8) is 0 Å². The number of halogens is 3. The number of carbonyl (C=O) groups excluding carboxylic acids is 3. The minimum absolute atomic E-state index is 0.0408. The summed E-state index contributed by atoms with van der Waals surface area (Å²) in [5.74, 6) is -0.419. The van der Waals surface area contributed by atoms with Crippen LogP contribution in [0.15, 0.2) is 42.7 Å². The Bertz CT molecular complexity index is 1550. The Labute approximate surface area is 264 Å². The highest BCUT2D eigenvalue weighted by Crippen LogP contribution is 2.37. The maximum absolute atomic E-state index is 13.4. The van der Waals surface area contributed by atoms with Gasteiger partial charge < -0.3 is 29.4 Å². The number of alkyl carbamates (subject to hydrolysis) is 1. The minimum Gasteiger partial charge on any atom is -0.453 e. The second-order valence-corrected chi connectivity index (χ2v) is 12.0. The Morgan fingerprint density at radius 2 is 1.78 bits per heavy atom. The summed E-state index contributed by atoms with van der Waals surface area (Å²) in [6.45, 7) is 9.14. The third-order valence-corrected chi connectivity index (χ3v) is 7.04. The number of nitrogens with zero attached hydrogens (tertiary/aromatic N) is 3. The van der Waals surface area contributed by atoms with Gasteiger partial charge in [0.2, 0.25) is 5.91 Å². The van der Waals surface area contributed by atoms with Gasteiger partial charge in [-0.25, -0.2) is 14.6 Å². The Hall–Kier alpha value is -4.82. The summed E-state index contributed by atoms with van der Waals surface area (Å²) < 4.78 is 54.0. The molecule has 4 rings (SSSR count). The van der Waals surface area contributed by atoms with Gasteiger partial charge in [0, 0.05) is 35.6 Å². The molecule has 1 fully saturated rings. The van der Waals surface area contributed by atoms with E-state index in [2.05, 4.69) is 35.1 Å². The number of amides is 3. The van der Waals surface area contributed by atoms with Crippen molar-refractivity contribution in [2.24, 2.45) is 5.92 Å². The number of hydrogen-bond acceptors (Lipinski definition) is 8. The number of anilines is 1. The normalized spacial score (nSPS) is 15.8. The van der Waals surface area contributed by atoms with Gasteiger partial charge in [-0.1, -0.05) is 13.8 Å². The number of aromatic amines is 1. The van der Waals surface area contributed by atoms with Crippen LogP contribution in [0.5, 0.6) is 5.75 Å². The van der Waals surface area contributed by atoms with Crippen LogP contribution in [0.2, 0.25) is 0 Å². The van der Waals surface area contributed by atoms with Crippen molar-refractivity contribution < 1.29 is 41.8 Å². The van der Waals surface area contributed by atoms with E-state index in [1.165, 1.54) is 31.5 Å². The highest BCUT2D eigenvalue weighted by atomic mass is 19.4. The van der Waals surface area contributed by atoms with Crippen molar-refractivity contribution in [2.75, 3.05) is 19.0 Å². The average Bonchev–Trinajstić information content (AvgIpc) is 3.64. The number of carbonyl (C=O) groups is 3. The SMILES string of the molecule is COC(=O)NC(C(=O)N1CCCC1c1ncc(-c2ccc(-c3ccc(NC(=O)OC(C)(C)C)cc3OC(F)(F)F)nc2)[nH]1)C(C)C. The molecule has 0 radical (unpaired) electrons. The summed E-state index contributed by atoms with van der Waals surface area (Å²) in [6.07, 6.45) is -2.03. The highest BCUT2D eigenvalue weighted by Gasteiger charge is 2.37. The zero-order chi connectivity index (χ0) is 33.8. The Balaban J connectivity index is 1.54. The Kier molecular flexibility index (Phi) is 10.1. The predicted octanol–water partition coefficient (Wildman–Crippen LogP) is 6.43. The number of nitrogens with one attached hydrogen (secondary N) is 3. The van der Waals surface area contributed by atoms with Crippen molar-refractivity contribution in [1.82, 2.24) is 25.2 Å². The minimum atomic E-state index is -4.99. The molecule has 3 heterocycles. The van der Waals surface area contributed by atoms with E-state index in [0.717, 1.165) is 12.5 Å². The summed E-state index contributed by atoms with van der Waals surface area (Å²) in [5, 5.41) is 5.02. The summed E-state index contributed by atoms with van der Waals surface area (Å²) >= 11 is 0. The van der Waals surface area contributed by atoms with Gasteiger partial charge >= 0.3 is 18.5 Å². The first-order valence-corrected chi connectivity index (χ1v) is 14.6. The van der Waals surface area contributed by atoms with Crippen molar-refractivity contribution in [3.8, 4) is 28.3 Å². The molecule has 46 heavy (non-hydrogen) atoms. The standard InChI is InChI=1S/C31H37F3N6O6/c1-17(2)25(39-28(42)44-6)27(41)40-13-7-8-23(40)26-36-16-22(38-26)18-9-12-21(35-15-18)20-11-10-19(14-24(20)45-31(32,33)34)37-29(43)46-30(3,4)5/h9-12,14-17,23,25H,7-8,13H2,1-6H3,(H,36,38)(H,37,43)(H,39,42). The number of ether oxygens (including phenoxy) is 3. The number of hydrogen-bond donors (Lipinski definition) is 3. The van der Waals surface area contributed by atoms with E-state index in [4.69, 9.17) is 4.74 Å². The molecule has 12 nitrogen and oxygen atoms in total. The largest absolute Gasteiger partial charge is 0.573 e. The maximum Gasteiger partial charge on any atom is 0.573 e. The van der Waals surface area contributed by atoms with Crippen LogP contribution in [0.25, 0.3) is 22.5 Å². The molecular formula is C31H37F3N6O6. The molecule has 0 aliphatic carbocycles. The lowest BCUT2D eigenvalue weighted by molar-refractivity contribution is -0.274.